The molecule has 1 aromatic carbocycles. The Morgan fingerprint density at radius 3 is 2.25 bits per heavy atom. The number of hydrogen-bond acceptors (Lipinski definition) is 3. The molecule has 3 rings (SSSR count). The van der Waals surface area contributed by atoms with Crippen LogP contribution in [0.2, 0.25) is 0 Å². The van der Waals surface area contributed by atoms with Crippen molar-refractivity contribution in [3.8, 4) is 0 Å². The molecule has 1 N–H and O–H groups in total. The van der Waals surface area contributed by atoms with Gasteiger partial charge in [-0.3, -0.25) is 9.59 Å². The van der Waals surface area contributed by atoms with Crippen LogP contribution in [0, 0.1) is 11.8 Å². The number of amides is 2. The number of nitrogens with one attached hydrogen (secondary N) is 1. The molecule has 1 heterocycles. The van der Waals surface area contributed by atoms with Crippen LogP contribution >= 0.6 is 0 Å². The molecule has 0 radical (unpaired) electrons. The van der Waals surface area contributed by atoms with Crippen LogP contribution in [0.5, 0.6) is 0 Å². The Labute approximate surface area is 169 Å². The molecule has 1 aromatic rings. The summed E-state index contributed by atoms with van der Waals surface area (Å²) in [6.45, 7) is 7.66. The number of rotatable bonds is 7. The summed E-state index contributed by atoms with van der Waals surface area (Å²) in [5, 5.41) is 3.10. The Kier molecular flexibility index (Phi) is 7.90. The minimum Gasteiger partial charge on any atom is -0.356 e. The maximum Gasteiger partial charge on any atom is 0.225 e. The van der Waals surface area contributed by atoms with Gasteiger partial charge in [0.15, 0.2) is 0 Å². The zero-order valence-corrected chi connectivity index (χ0v) is 17.2. The number of hydrogen-bond donors (Lipinski definition) is 1. The first-order valence-corrected chi connectivity index (χ1v) is 11.0. The summed E-state index contributed by atoms with van der Waals surface area (Å²) in [5.74, 6) is 0.695. The highest BCUT2D eigenvalue weighted by atomic mass is 16.2. The van der Waals surface area contributed by atoms with Gasteiger partial charge in [0.2, 0.25) is 11.8 Å². The van der Waals surface area contributed by atoms with Gasteiger partial charge in [0, 0.05) is 44.6 Å². The molecule has 0 aromatic heterocycles. The molecule has 2 amide bonds. The standard InChI is InChI=1S/C23H35N3O2/c1-2-25-15-17-26(18-16-25)23(28)21-12-10-20(11-13-21)22(27)24-14-6-9-19-7-4-3-5-8-19/h3-5,7-8,20-21H,2,6,9-18H2,1H3,(H,24,27). The topological polar surface area (TPSA) is 52.7 Å². The Balaban J connectivity index is 1.33. The number of nitrogens with zero attached hydrogens (tertiary/aromatic N) is 2. The highest BCUT2D eigenvalue weighted by Crippen LogP contribution is 2.30. The van der Waals surface area contributed by atoms with Gasteiger partial charge in [-0.15, -0.1) is 0 Å². The average molecular weight is 386 g/mol. The van der Waals surface area contributed by atoms with Gasteiger partial charge in [0.25, 0.3) is 0 Å². The molecule has 154 valence electrons. The van der Waals surface area contributed by atoms with Crippen molar-refractivity contribution >= 4 is 11.8 Å². The molecule has 0 spiro atoms. The van der Waals surface area contributed by atoms with E-state index in [1.807, 2.05) is 11.0 Å². The fourth-order valence-electron chi connectivity index (χ4n) is 4.44. The molecule has 2 aliphatic rings. The van der Waals surface area contributed by atoms with E-state index in [9.17, 15) is 9.59 Å². The van der Waals surface area contributed by atoms with Gasteiger partial charge in [-0.2, -0.15) is 0 Å². The summed E-state index contributed by atoms with van der Waals surface area (Å²) in [6.07, 6.45) is 5.36. The van der Waals surface area contributed by atoms with E-state index in [0.29, 0.717) is 5.91 Å². The number of carbonyl (C=O) groups is 2. The zero-order chi connectivity index (χ0) is 19.8. The van der Waals surface area contributed by atoms with Gasteiger partial charge in [-0.1, -0.05) is 37.3 Å². The van der Waals surface area contributed by atoms with Crippen molar-refractivity contribution in [1.82, 2.24) is 15.1 Å². The smallest absolute Gasteiger partial charge is 0.225 e. The molecule has 1 aliphatic heterocycles. The van der Waals surface area contributed by atoms with Crippen LogP contribution in [-0.2, 0) is 16.0 Å². The van der Waals surface area contributed by atoms with Crippen LogP contribution in [0.4, 0.5) is 0 Å². The Morgan fingerprint density at radius 1 is 0.964 bits per heavy atom. The summed E-state index contributed by atoms with van der Waals surface area (Å²) in [5.41, 5.74) is 1.32. The fraction of sp³-hybridized carbons (Fsp3) is 0.652. The Hall–Kier alpha value is -1.88. The number of piperazine rings is 1. The molecule has 1 aliphatic carbocycles. The average Bonchev–Trinajstić information content (AvgIpc) is 2.77. The van der Waals surface area contributed by atoms with Crippen molar-refractivity contribution in [1.29, 1.82) is 0 Å². The van der Waals surface area contributed by atoms with Crippen LogP contribution < -0.4 is 5.32 Å². The van der Waals surface area contributed by atoms with E-state index in [-0.39, 0.29) is 17.7 Å². The number of likely N-dealkylation sites (N-methyl/N-ethyl adjacent to an activating group) is 1. The van der Waals surface area contributed by atoms with E-state index in [2.05, 4.69) is 41.4 Å². The predicted octanol–water partition coefficient (Wildman–Crippen LogP) is 2.71. The molecule has 0 unspecified atom stereocenters. The van der Waals surface area contributed by atoms with Crippen LogP contribution in [0.1, 0.15) is 44.6 Å². The van der Waals surface area contributed by atoms with Crippen LogP contribution in [-0.4, -0.2) is 60.9 Å². The maximum absolute atomic E-state index is 12.8. The lowest BCUT2D eigenvalue weighted by Gasteiger charge is -2.37. The lowest BCUT2D eigenvalue weighted by molar-refractivity contribution is -0.140. The first-order valence-electron chi connectivity index (χ1n) is 11.0. The second-order valence-electron chi connectivity index (χ2n) is 8.19. The van der Waals surface area contributed by atoms with Crippen molar-refractivity contribution < 1.29 is 9.59 Å². The summed E-state index contributed by atoms with van der Waals surface area (Å²) < 4.78 is 0. The van der Waals surface area contributed by atoms with Gasteiger partial charge < -0.3 is 15.1 Å². The Morgan fingerprint density at radius 2 is 1.61 bits per heavy atom. The third-order valence-corrected chi connectivity index (χ3v) is 6.36. The molecule has 28 heavy (non-hydrogen) atoms. The van der Waals surface area contributed by atoms with Gasteiger partial charge in [-0.05, 0) is 50.6 Å². The van der Waals surface area contributed by atoms with Crippen molar-refractivity contribution in [2.24, 2.45) is 11.8 Å². The van der Waals surface area contributed by atoms with Gasteiger partial charge >= 0.3 is 0 Å². The van der Waals surface area contributed by atoms with Crippen LogP contribution in [0.25, 0.3) is 0 Å². The van der Waals surface area contributed by atoms with Crippen LogP contribution in [0.3, 0.4) is 0 Å². The second kappa shape index (κ2) is 10.6. The predicted molar refractivity (Wildman–Crippen MR) is 112 cm³/mol. The first-order chi connectivity index (χ1) is 13.7. The van der Waals surface area contributed by atoms with Crippen molar-refractivity contribution in [2.45, 2.75) is 45.4 Å². The van der Waals surface area contributed by atoms with E-state index in [1.165, 1.54) is 5.56 Å². The quantitative estimate of drug-likeness (QED) is 0.734. The zero-order valence-electron chi connectivity index (χ0n) is 17.2. The van der Waals surface area contributed by atoms with E-state index < -0.39 is 0 Å². The fourth-order valence-corrected chi connectivity index (χ4v) is 4.44. The van der Waals surface area contributed by atoms with E-state index >= 15 is 0 Å². The van der Waals surface area contributed by atoms with Crippen molar-refractivity contribution in [3.63, 3.8) is 0 Å². The maximum atomic E-state index is 12.8. The van der Waals surface area contributed by atoms with Crippen molar-refractivity contribution in [2.75, 3.05) is 39.3 Å². The highest BCUT2D eigenvalue weighted by molar-refractivity contribution is 5.81. The largest absolute Gasteiger partial charge is 0.356 e. The van der Waals surface area contributed by atoms with Gasteiger partial charge in [-0.25, -0.2) is 0 Å². The van der Waals surface area contributed by atoms with Gasteiger partial charge in [0.1, 0.15) is 0 Å². The minimum atomic E-state index is 0.0812. The number of aryl methyl sites for hydroxylation is 1. The summed E-state index contributed by atoms with van der Waals surface area (Å²) in [7, 11) is 0. The highest BCUT2D eigenvalue weighted by Gasteiger charge is 2.32. The molecule has 0 atom stereocenters. The van der Waals surface area contributed by atoms with E-state index in [4.69, 9.17) is 0 Å². The SMILES string of the molecule is CCN1CCN(C(=O)C2CCC(C(=O)NCCCc3ccccc3)CC2)CC1. The van der Waals surface area contributed by atoms with Crippen molar-refractivity contribution in [3.05, 3.63) is 35.9 Å². The number of carbonyl (C=O) groups excluding carboxylic acids is 2. The summed E-state index contributed by atoms with van der Waals surface area (Å²) in [4.78, 5) is 29.7. The van der Waals surface area contributed by atoms with E-state index in [0.717, 1.165) is 77.8 Å². The first kappa shape index (κ1) is 20.8. The monoisotopic (exact) mass is 385 g/mol. The molecule has 5 nitrogen and oxygen atoms in total. The minimum absolute atomic E-state index is 0.0812. The third kappa shape index (κ3) is 5.81. The Bertz CT molecular complexity index is 618. The normalized spacial score (nSPS) is 23.4. The summed E-state index contributed by atoms with van der Waals surface area (Å²) >= 11 is 0. The molecular formula is C23H35N3O2. The number of benzene rings is 1. The third-order valence-electron chi connectivity index (χ3n) is 6.36. The molecule has 1 saturated heterocycles. The van der Waals surface area contributed by atoms with E-state index in [1.54, 1.807) is 0 Å². The summed E-state index contributed by atoms with van der Waals surface area (Å²) in [6, 6.07) is 10.4. The molecule has 2 fully saturated rings. The van der Waals surface area contributed by atoms with Gasteiger partial charge in [0.05, 0.1) is 0 Å². The molecule has 1 saturated carbocycles. The lowest BCUT2D eigenvalue weighted by atomic mass is 9.81. The molecule has 0 bridgehead atoms. The van der Waals surface area contributed by atoms with Crippen LogP contribution in [0.15, 0.2) is 30.3 Å². The second-order valence-corrected chi connectivity index (χ2v) is 8.19. The lowest BCUT2D eigenvalue weighted by Crippen LogP contribution is -2.50. The molecular weight excluding hydrogens is 350 g/mol. The molecule has 5 heteroatoms.